The second-order valence-electron chi connectivity index (χ2n) is 3.75. The van der Waals surface area contributed by atoms with Crippen molar-refractivity contribution in [2.24, 2.45) is 0 Å². The maximum absolute atomic E-state index is 5.41. The van der Waals surface area contributed by atoms with Crippen molar-refractivity contribution in [3.63, 3.8) is 0 Å². The average molecular weight is 327 g/mol. The van der Waals surface area contributed by atoms with E-state index >= 15 is 0 Å². The SMILES string of the molecule is CCNc1ncc(-c2cc(Br)c3c(c2)OCO3)s1. The summed E-state index contributed by atoms with van der Waals surface area (Å²) in [5.41, 5.74) is 1.08. The van der Waals surface area contributed by atoms with Crippen LogP contribution in [0.15, 0.2) is 22.8 Å². The minimum atomic E-state index is 0.280. The first-order chi connectivity index (χ1) is 8.78. The van der Waals surface area contributed by atoms with Crippen molar-refractivity contribution in [3.05, 3.63) is 22.8 Å². The van der Waals surface area contributed by atoms with Crippen molar-refractivity contribution >= 4 is 32.4 Å². The van der Waals surface area contributed by atoms with Crippen LogP contribution in [-0.4, -0.2) is 18.3 Å². The Bertz CT molecular complexity index is 585. The van der Waals surface area contributed by atoms with Gasteiger partial charge in [-0.3, -0.25) is 0 Å². The molecule has 0 amide bonds. The van der Waals surface area contributed by atoms with Crippen LogP contribution in [-0.2, 0) is 0 Å². The van der Waals surface area contributed by atoms with E-state index in [0.29, 0.717) is 0 Å². The number of nitrogens with one attached hydrogen (secondary N) is 1. The molecule has 94 valence electrons. The van der Waals surface area contributed by atoms with Gasteiger partial charge in [0.1, 0.15) is 0 Å². The summed E-state index contributed by atoms with van der Waals surface area (Å²) in [5, 5.41) is 4.14. The third-order valence-corrected chi connectivity index (χ3v) is 4.14. The van der Waals surface area contributed by atoms with Gasteiger partial charge >= 0.3 is 0 Å². The zero-order chi connectivity index (χ0) is 12.5. The van der Waals surface area contributed by atoms with Gasteiger partial charge < -0.3 is 14.8 Å². The summed E-state index contributed by atoms with van der Waals surface area (Å²) in [6.07, 6.45) is 1.87. The number of hydrogen-bond donors (Lipinski definition) is 1. The molecule has 6 heteroatoms. The molecule has 4 nitrogen and oxygen atoms in total. The Morgan fingerprint density at radius 3 is 3.17 bits per heavy atom. The third kappa shape index (κ3) is 2.06. The third-order valence-electron chi connectivity index (χ3n) is 2.55. The van der Waals surface area contributed by atoms with E-state index in [-0.39, 0.29) is 6.79 Å². The molecule has 0 unspecified atom stereocenters. The number of ether oxygens (including phenoxy) is 2. The Kier molecular flexibility index (Phi) is 3.13. The van der Waals surface area contributed by atoms with Crippen LogP contribution in [0.2, 0.25) is 0 Å². The van der Waals surface area contributed by atoms with Crippen molar-refractivity contribution in [1.29, 1.82) is 0 Å². The van der Waals surface area contributed by atoms with Crippen LogP contribution in [0.1, 0.15) is 6.92 Å². The first kappa shape index (κ1) is 11.8. The number of aromatic nitrogens is 1. The number of rotatable bonds is 3. The molecule has 2 aromatic rings. The molecule has 1 aliphatic heterocycles. The van der Waals surface area contributed by atoms with Crippen LogP contribution in [0.5, 0.6) is 11.5 Å². The van der Waals surface area contributed by atoms with Gasteiger partial charge in [-0.05, 0) is 40.5 Å². The standard InChI is InChI=1S/C12H11BrN2O2S/c1-2-14-12-15-5-10(18-12)7-3-8(13)11-9(4-7)16-6-17-11/h3-5H,2,6H2,1H3,(H,14,15). The van der Waals surface area contributed by atoms with E-state index in [1.807, 2.05) is 18.3 Å². The monoisotopic (exact) mass is 326 g/mol. The molecule has 0 aliphatic carbocycles. The summed E-state index contributed by atoms with van der Waals surface area (Å²) >= 11 is 5.12. The van der Waals surface area contributed by atoms with Gasteiger partial charge in [0.25, 0.3) is 0 Å². The zero-order valence-corrected chi connectivity index (χ0v) is 12.1. The van der Waals surface area contributed by atoms with E-state index in [1.165, 1.54) is 0 Å². The van der Waals surface area contributed by atoms with E-state index in [9.17, 15) is 0 Å². The molecular formula is C12H11BrN2O2S. The number of fused-ring (bicyclic) bond motifs is 1. The number of nitrogens with zero attached hydrogens (tertiary/aromatic N) is 1. The second-order valence-corrected chi connectivity index (χ2v) is 5.64. The summed E-state index contributed by atoms with van der Waals surface area (Å²) in [7, 11) is 0. The van der Waals surface area contributed by atoms with Gasteiger partial charge in [0.15, 0.2) is 16.6 Å². The van der Waals surface area contributed by atoms with Gasteiger partial charge in [-0.1, -0.05) is 11.3 Å². The van der Waals surface area contributed by atoms with Gasteiger partial charge in [0.2, 0.25) is 6.79 Å². The lowest BCUT2D eigenvalue weighted by molar-refractivity contribution is 0.173. The molecule has 3 rings (SSSR count). The topological polar surface area (TPSA) is 43.4 Å². The van der Waals surface area contributed by atoms with E-state index in [0.717, 1.165) is 38.1 Å². The van der Waals surface area contributed by atoms with Gasteiger partial charge in [0.05, 0.1) is 9.35 Å². The highest BCUT2D eigenvalue weighted by atomic mass is 79.9. The summed E-state index contributed by atoms with van der Waals surface area (Å²) < 4.78 is 11.7. The zero-order valence-electron chi connectivity index (χ0n) is 9.70. The Labute approximate surface area is 117 Å². The molecule has 0 fully saturated rings. The molecule has 0 bridgehead atoms. The van der Waals surface area contributed by atoms with E-state index in [4.69, 9.17) is 9.47 Å². The van der Waals surface area contributed by atoms with E-state index < -0.39 is 0 Å². The first-order valence-corrected chi connectivity index (χ1v) is 7.18. The maximum Gasteiger partial charge on any atom is 0.231 e. The predicted octanol–water partition coefficient (Wildman–Crippen LogP) is 3.73. The lowest BCUT2D eigenvalue weighted by Crippen LogP contribution is -1.94. The fourth-order valence-corrected chi connectivity index (χ4v) is 3.18. The summed E-state index contributed by atoms with van der Waals surface area (Å²) in [6, 6.07) is 4.01. The van der Waals surface area contributed by atoms with Crippen molar-refractivity contribution in [1.82, 2.24) is 4.98 Å². The van der Waals surface area contributed by atoms with E-state index in [2.05, 4.69) is 33.2 Å². The Hall–Kier alpha value is -1.27. The molecule has 1 N–H and O–H groups in total. The van der Waals surface area contributed by atoms with Gasteiger partial charge in [-0.25, -0.2) is 4.98 Å². The number of thiazole rings is 1. The fourth-order valence-electron chi connectivity index (χ4n) is 1.75. The molecule has 2 heterocycles. The van der Waals surface area contributed by atoms with Crippen molar-refractivity contribution in [2.75, 3.05) is 18.7 Å². The lowest BCUT2D eigenvalue weighted by Gasteiger charge is -2.02. The van der Waals surface area contributed by atoms with E-state index in [1.54, 1.807) is 11.3 Å². The van der Waals surface area contributed by atoms with Crippen LogP contribution >= 0.6 is 27.3 Å². The Morgan fingerprint density at radius 1 is 1.44 bits per heavy atom. The predicted molar refractivity (Wildman–Crippen MR) is 75.5 cm³/mol. The van der Waals surface area contributed by atoms with Gasteiger partial charge in [-0.2, -0.15) is 0 Å². The quantitative estimate of drug-likeness (QED) is 0.933. The van der Waals surface area contributed by atoms with Gasteiger partial charge in [-0.15, -0.1) is 0 Å². The van der Waals surface area contributed by atoms with Crippen molar-refractivity contribution < 1.29 is 9.47 Å². The number of halogens is 1. The largest absolute Gasteiger partial charge is 0.454 e. The Balaban J connectivity index is 1.98. The van der Waals surface area contributed by atoms with Crippen LogP contribution in [0.25, 0.3) is 10.4 Å². The summed E-state index contributed by atoms with van der Waals surface area (Å²) in [5.74, 6) is 1.55. The van der Waals surface area contributed by atoms with Crippen LogP contribution < -0.4 is 14.8 Å². The minimum Gasteiger partial charge on any atom is -0.454 e. The molecule has 0 saturated carbocycles. The highest BCUT2D eigenvalue weighted by Gasteiger charge is 2.19. The first-order valence-electron chi connectivity index (χ1n) is 5.57. The van der Waals surface area contributed by atoms with Crippen LogP contribution in [0.3, 0.4) is 0 Å². The number of hydrogen-bond acceptors (Lipinski definition) is 5. The fraction of sp³-hybridized carbons (Fsp3) is 0.250. The molecule has 1 aliphatic rings. The molecule has 1 aromatic carbocycles. The molecule has 0 atom stereocenters. The molecule has 0 saturated heterocycles. The second kappa shape index (κ2) is 4.78. The summed E-state index contributed by atoms with van der Waals surface area (Å²) in [6.45, 7) is 3.21. The van der Waals surface area contributed by atoms with Crippen molar-refractivity contribution in [2.45, 2.75) is 6.92 Å². The molecular weight excluding hydrogens is 316 g/mol. The molecule has 1 aromatic heterocycles. The lowest BCUT2D eigenvalue weighted by atomic mass is 10.2. The highest BCUT2D eigenvalue weighted by Crippen LogP contribution is 2.43. The normalized spacial score (nSPS) is 12.8. The smallest absolute Gasteiger partial charge is 0.231 e. The van der Waals surface area contributed by atoms with Crippen molar-refractivity contribution in [3.8, 4) is 21.9 Å². The Morgan fingerprint density at radius 2 is 2.33 bits per heavy atom. The molecule has 18 heavy (non-hydrogen) atoms. The van der Waals surface area contributed by atoms with Crippen LogP contribution in [0, 0.1) is 0 Å². The minimum absolute atomic E-state index is 0.280. The van der Waals surface area contributed by atoms with Crippen LogP contribution in [0.4, 0.5) is 5.13 Å². The number of anilines is 1. The molecule has 0 radical (unpaired) electrons. The summed E-state index contributed by atoms with van der Waals surface area (Å²) in [4.78, 5) is 5.43. The highest BCUT2D eigenvalue weighted by molar-refractivity contribution is 9.10. The average Bonchev–Trinajstić information content (AvgIpc) is 2.97. The maximum atomic E-state index is 5.41. The van der Waals surface area contributed by atoms with Gasteiger partial charge in [0, 0.05) is 12.7 Å². The number of benzene rings is 1. The molecule has 0 spiro atoms.